The minimum Gasteiger partial charge on any atom is -0.375 e. The molecule has 1 fully saturated rings. The fourth-order valence-corrected chi connectivity index (χ4v) is 3.66. The zero-order valence-corrected chi connectivity index (χ0v) is 13.2. The molecule has 114 valence electrons. The molecule has 0 saturated heterocycles. The summed E-state index contributed by atoms with van der Waals surface area (Å²) in [6.45, 7) is 2.31. The van der Waals surface area contributed by atoms with E-state index in [1.54, 1.807) is 0 Å². The third-order valence-electron chi connectivity index (χ3n) is 4.18. The number of nitrogens with two attached hydrogens (primary N) is 1. The van der Waals surface area contributed by atoms with Gasteiger partial charge >= 0.3 is 0 Å². The summed E-state index contributed by atoms with van der Waals surface area (Å²) in [5, 5.41) is 6.83. The lowest BCUT2D eigenvalue weighted by molar-refractivity contribution is 0.319. The zero-order chi connectivity index (χ0) is 14.7. The highest BCUT2D eigenvalue weighted by Gasteiger charge is 2.24. The summed E-state index contributed by atoms with van der Waals surface area (Å²) in [5.41, 5.74) is 6.68. The summed E-state index contributed by atoms with van der Waals surface area (Å²) in [4.78, 5) is 8.84. The van der Waals surface area contributed by atoms with Gasteiger partial charge in [-0.1, -0.05) is 24.9 Å². The molecule has 1 aliphatic rings. The molecule has 0 radical (unpaired) electrons. The highest BCUT2D eigenvalue weighted by molar-refractivity contribution is 7.13. The van der Waals surface area contributed by atoms with Crippen LogP contribution in [0.4, 0.5) is 5.13 Å². The SMILES string of the molecule is CC1CCCC(c2noc(CCCc3csc(N)n3)n2)C1. The van der Waals surface area contributed by atoms with Gasteiger partial charge in [0.1, 0.15) is 0 Å². The van der Waals surface area contributed by atoms with E-state index in [9.17, 15) is 0 Å². The lowest BCUT2D eigenvalue weighted by Crippen LogP contribution is -2.12. The number of nitrogen functional groups attached to an aromatic ring is 1. The molecule has 1 saturated carbocycles. The van der Waals surface area contributed by atoms with Crippen LogP contribution in [0.3, 0.4) is 0 Å². The Morgan fingerprint density at radius 1 is 1.33 bits per heavy atom. The Morgan fingerprint density at radius 2 is 2.24 bits per heavy atom. The normalized spacial score (nSPS) is 22.5. The molecule has 0 aliphatic heterocycles. The molecule has 2 aromatic rings. The van der Waals surface area contributed by atoms with E-state index in [4.69, 9.17) is 10.3 Å². The zero-order valence-electron chi connectivity index (χ0n) is 12.4. The van der Waals surface area contributed by atoms with E-state index in [2.05, 4.69) is 22.0 Å². The molecule has 2 heterocycles. The number of aryl methyl sites for hydroxylation is 2. The Labute approximate surface area is 129 Å². The van der Waals surface area contributed by atoms with Crippen LogP contribution < -0.4 is 5.73 Å². The van der Waals surface area contributed by atoms with Crippen molar-refractivity contribution in [1.29, 1.82) is 0 Å². The average molecular weight is 306 g/mol. The van der Waals surface area contributed by atoms with Crippen molar-refractivity contribution >= 4 is 16.5 Å². The van der Waals surface area contributed by atoms with Gasteiger partial charge in [0.05, 0.1) is 5.69 Å². The molecule has 6 heteroatoms. The Kier molecular flexibility index (Phi) is 4.53. The topological polar surface area (TPSA) is 77.8 Å². The molecule has 2 aromatic heterocycles. The van der Waals surface area contributed by atoms with Gasteiger partial charge in [-0.05, 0) is 31.6 Å². The molecular weight excluding hydrogens is 284 g/mol. The van der Waals surface area contributed by atoms with Crippen LogP contribution in [0, 0.1) is 5.92 Å². The van der Waals surface area contributed by atoms with E-state index in [-0.39, 0.29) is 0 Å². The van der Waals surface area contributed by atoms with Crippen LogP contribution in [0.15, 0.2) is 9.90 Å². The second-order valence-electron chi connectivity index (χ2n) is 6.05. The fraction of sp³-hybridized carbons (Fsp3) is 0.667. The van der Waals surface area contributed by atoms with Crippen molar-refractivity contribution in [2.75, 3.05) is 5.73 Å². The molecule has 2 unspecified atom stereocenters. The molecule has 1 aliphatic carbocycles. The quantitative estimate of drug-likeness (QED) is 0.913. The maximum Gasteiger partial charge on any atom is 0.226 e. The first-order valence-electron chi connectivity index (χ1n) is 7.73. The van der Waals surface area contributed by atoms with Crippen molar-refractivity contribution in [3.05, 3.63) is 22.8 Å². The molecule has 0 amide bonds. The molecule has 0 spiro atoms. The third kappa shape index (κ3) is 3.81. The minimum absolute atomic E-state index is 0.490. The van der Waals surface area contributed by atoms with E-state index in [0.717, 1.165) is 42.6 Å². The van der Waals surface area contributed by atoms with Crippen LogP contribution in [0.2, 0.25) is 0 Å². The van der Waals surface area contributed by atoms with Crippen LogP contribution in [0.25, 0.3) is 0 Å². The fourth-order valence-electron chi connectivity index (χ4n) is 3.06. The second-order valence-corrected chi connectivity index (χ2v) is 6.94. The maximum absolute atomic E-state index is 5.63. The number of anilines is 1. The van der Waals surface area contributed by atoms with Crippen molar-refractivity contribution in [3.8, 4) is 0 Å². The Morgan fingerprint density at radius 3 is 3.00 bits per heavy atom. The van der Waals surface area contributed by atoms with Crippen LogP contribution >= 0.6 is 11.3 Å². The molecule has 3 rings (SSSR count). The van der Waals surface area contributed by atoms with E-state index in [1.165, 1.54) is 37.0 Å². The van der Waals surface area contributed by atoms with Crippen LogP contribution in [-0.4, -0.2) is 15.1 Å². The lowest BCUT2D eigenvalue weighted by Gasteiger charge is -2.23. The summed E-state index contributed by atoms with van der Waals surface area (Å²) in [7, 11) is 0. The van der Waals surface area contributed by atoms with Crippen molar-refractivity contribution in [2.24, 2.45) is 5.92 Å². The number of nitrogens with zero attached hydrogens (tertiary/aromatic N) is 3. The third-order valence-corrected chi connectivity index (χ3v) is 4.90. The first-order valence-corrected chi connectivity index (χ1v) is 8.61. The van der Waals surface area contributed by atoms with Crippen molar-refractivity contribution in [3.63, 3.8) is 0 Å². The van der Waals surface area contributed by atoms with Gasteiger partial charge in [0.2, 0.25) is 5.89 Å². The predicted molar refractivity (Wildman–Crippen MR) is 83.2 cm³/mol. The highest BCUT2D eigenvalue weighted by atomic mass is 32.1. The second kappa shape index (κ2) is 6.56. The van der Waals surface area contributed by atoms with E-state index in [1.807, 2.05) is 5.38 Å². The van der Waals surface area contributed by atoms with Crippen molar-refractivity contribution in [2.45, 2.75) is 57.8 Å². The van der Waals surface area contributed by atoms with Crippen molar-refractivity contribution in [1.82, 2.24) is 15.1 Å². The molecule has 21 heavy (non-hydrogen) atoms. The lowest BCUT2D eigenvalue weighted by atomic mass is 9.82. The molecule has 2 N–H and O–H groups in total. The first kappa shape index (κ1) is 14.5. The molecule has 0 bridgehead atoms. The van der Waals surface area contributed by atoms with Crippen LogP contribution in [0.5, 0.6) is 0 Å². The number of thiazole rings is 1. The van der Waals surface area contributed by atoms with Gasteiger partial charge in [-0.2, -0.15) is 4.98 Å². The summed E-state index contributed by atoms with van der Waals surface area (Å²) < 4.78 is 5.39. The van der Waals surface area contributed by atoms with Gasteiger partial charge in [-0.15, -0.1) is 11.3 Å². The van der Waals surface area contributed by atoms with E-state index < -0.39 is 0 Å². The largest absolute Gasteiger partial charge is 0.375 e. The first-order chi connectivity index (χ1) is 10.2. The summed E-state index contributed by atoms with van der Waals surface area (Å²) >= 11 is 1.49. The minimum atomic E-state index is 0.490. The van der Waals surface area contributed by atoms with Gasteiger partial charge in [-0.3, -0.25) is 0 Å². The van der Waals surface area contributed by atoms with Crippen LogP contribution in [0.1, 0.15) is 62.4 Å². The van der Waals surface area contributed by atoms with Gasteiger partial charge in [0, 0.05) is 17.7 Å². The summed E-state index contributed by atoms with van der Waals surface area (Å²) in [6, 6.07) is 0. The Balaban J connectivity index is 1.50. The average Bonchev–Trinajstić information content (AvgIpc) is 3.08. The van der Waals surface area contributed by atoms with Crippen molar-refractivity contribution < 1.29 is 4.52 Å². The van der Waals surface area contributed by atoms with Gasteiger partial charge in [0.25, 0.3) is 0 Å². The Bertz CT molecular complexity index is 580. The number of hydrogen-bond donors (Lipinski definition) is 1. The van der Waals surface area contributed by atoms with Crippen LogP contribution in [-0.2, 0) is 12.8 Å². The molecule has 5 nitrogen and oxygen atoms in total. The van der Waals surface area contributed by atoms with Gasteiger partial charge in [0.15, 0.2) is 11.0 Å². The number of aromatic nitrogens is 3. The van der Waals surface area contributed by atoms with Gasteiger partial charge in [-0.25, -0.2) is 4.98 Å². The number of rotatable bonds is 5. The van der Waals surface area contributed by atoms with Gasteiger partial charge < -0.3 is 10.3 Å². The van der Waals surface area contributed by atoms with E-state index >= 15 is 0 Å². The molecule has 2 atom stereocenters. The Hall–Kier alpha value is -1.43. The number of hydrogen-bond acceptors (Lipinski definition) is 6. The standard InChI is InChI=1S/C15H22N4OS/c1-10-4-2-5-11(8-10)14-18-13(20-19-14)7-3-6-12-9-21-15(16)17-12/h9-11H,2-8H2,1H3,(H2,16,17). The maximum atomic E-state index is 5.63. The highest BCUT2D eigenvalue weighted by Crippen LogP contribution is 2.34. The van der Waals surface area contributed by atoms with E-state index in [0.29, 0.717) is 11.0 Å². The summed E-state index contributed by atoms with van der Waals surface area (Å²) in [5.74, 6) is 2.94. The smallest absolute Gasteiger partial charge is 0.226 e. The molecular formula is C15H22N4OS. The summed E-state index contributed by atoms with van der Waals surface area (Å²) in [6.07, 6.45) is 7.68. The molecule has 0 aromatic carbocycles. The monoisotopic (exact) mass is 306 g/mol. The predicted octanol–water partition coefficient (Wildman–Crippen LogP) is 3.58.